The van der Waals surface area contributed by atoms with Gasteiger partial charge in [0.15, 0.2) is 0 Å². The number of hydrogen-bond donors (Lipinski definition) is 1. The van der Waals surface area contributed by atoms with Crippen LogP contribution in [0.4, 0.5) is 0 Å². The molecule has 0 heterocycles. The van der Waals surface area contributed by atoms with E-state index in [4.69, 9.17) is 5.73 Å². The van der Waals surface area contributed by atoms with Crippen LogP contribution in [0.15, 0.2) is 36.9 Å². The summed E-state index contributed by atoms with van der Waals surface area (Å²) in [4.78, 5) is 0. The molecule has 1 aromatic carbocycles. The second kappa shape index (κ2) is 4.07. The first-order chi connectivity index (χ1) is 5.77. The van der Waals surface area contributed by atoms with Crippen LogP contribution in [-0.4, -0.2) is 0 Å². The van der Waals surface area contributed by atoms with Crippen molar-refractivity contribution in [3.63, 3.8) is 0 Å². The Bertz CT molecular complexity index is 248. The highest BCUT2D eigenvalue weighted by Crippen LogP contribution is 2.12. The van der Waals surface area contributed by atoms with E-state index in [1.165, 1.54) is 5.56 Å². The third kappa shape index (κ3) is 1.95. The van der Waals surface area contributed by atoms with E-state index in [1.807, 2.05) is 0 Å². The van der Waals surface area contributed by atoms with Crippen LogP contribution in [0.2, 0.25) is 0 Å². The lowest BCUT2D eigenvalue weighted by Crippen LogP contribution is -2.05. The van der Waals surface area contributed by atoms with Crippen molar-refractivity contribution in [1.82, 2.24) is 0 Å². The van der Waals surface area contributed by atoms with E-state index in [0.29, 0.717) is 0 Å². The molecule has 64 valence electrons. The summed E-state index contributed by atoms with van der Waals surface area (Å²) in [5, 5.41) is 0. The standard InChI is InChI=1S/C11H15N/c1-3-9-5-7-10(8-6-9)11(12)4-2/h4-8,11H,2-3,12H2,1H3/t11-/m0/s1. The van der Waals surface area contributed by atoms with Gasteiger partial charge in [-0.1, -0.05) is 37.3 Å². The molecule has 0 amide bonds. The number of benzene rings is 1. The van der Waals surface area contributed by atoms with Crippen LogP contribution in [0.25, 0.3) is 0 Å². The van der Waals surface area contributed by atoms with Crippen LogP contribution in [0.3, 0.4) is 0 Å². The average Bonchev–Trinajstić information content (AvgIpc) is 2.17. The van der Waals surface area contributed by atoms with E-state index in [1.54, 1.807) is 6.08 Å². The number of hydrogen-bond acceptors (Lipinski definition) is 1. The maximum absolute atomic E-state index is 5.77. The first kappa shape index (κ1) is 9.01. The SMILES string of the molecule is C=C[C@H](N)c1ccc(CC)cc1. The molecule has 2 N–H and O–H groups in total. The summed E-state index contributed by atoms with van der Waals surface area (Å²) in [5.41, 5.74) is 8.24. The maximum atomic E-state index is 5.77. The van der Waals surface area contributed by atoms with Gasteiger partial charge in [0.25, 0.3) is 0 Å². The van der Waals surface area contributed by atoms with Crippen LogP contribution in [-0.2, 0) is 6.42 Å². The van der Waals surface area contributed by atoms with E-state index in [9.17, 15) is 0 Å². The first-order valence-corrected chi connectivity index (χ1v) is 4.25. The lowest BCUT2D eigenvalue weighted by molar-refractivity contribution is 0.912. The molecule has 0 saturated heterocycles. The Balaban J connectivity index is 2.84. The molecule has 1 nitrogen and oxygen atoms in total. The molecule has 1 atom stereocenters. The van der Waals surface area contributed by atoms with Gasteiger partial charge < -0.3 is 5.73 Å². The number of rotatable bonds is 3. The molecule has 0 spiro atoms. The van der Waals surface area contributed by atoms with Crippen LogP contribution >= 0.6 is 0 Å². The molecule has 0 saturated carbocycles. The predicted molar refractivity (Wildman–Crippen MR) is 52.9 cm³/mol. The number of nitrogens with two attached hydrogens (primary N) is 1. The first-order valence-electron chi connectivity index (χ1n) is 4.25. The largest absolute Gasteiger partial charge is 0.321 e. The Hall–Kier alpha value is -1.08. The fourth-order valence-corrected chi connectivity index (χ4v) is 1.11. The molecule has 0 unspecified atom stereocenters. The van der Waals surface area contributed by atoms with Crippen molar-refractivity contribution >= 4 is 0 Å². The Morgan fingerprint density at radius 1 is 1.42 bits per heavy atom. The smallest absolute Gasteiger partial charge is 0.0478 e. The summed E-state index contributed by atoms with van der Waals surface area (Å²) in [6.07, 6.45) is 2.82. The van der Waals surface area contributed by atoms with E-state index >= 15 is 0 Å². The maximum Gasteiger partial charge on any atom is 0.0478 e. The minimum Gasteiger partial charge on any atom is -0.321 e. The van der Waals surface area contributed by atoms with Gasteiger partial charge in [0, 0.05) is 6.04 Å². The van der Waals surface area contributed by atoms with Crippen molar-refractivity contribution in [3.05, 3.63) is 48.0 Å². The summed E-state index contributed by atoms with van der Waals surface area (Å²) in [6, 6.07) is 8.31. The molecule has 0 bridgehead atoms. The zero-order chi connectivity index (χ0) is 8.97. The normalized spacial score (nSPS) is 12.5. The second-order valence-corrected chi connectivity index (χ2v) is 2.86. The van der Waals surface area contributed by atoms with E-state index in [2.05, 4.69) is 37.8 Å². The third-order valence-electron chi connectivity index (χ3n) is 2.03. The molecule has 1 aromatic rings. The highest BCUT2D eigenvalue weighted by Gasteiger charge is 1.99. The molecule has 0 fully saturated rings. The van der Waals surface area contributed by atoms with Gasteiger partial charge in [-0.15, -0.1) is 6.58 Å². The number of aryl methyl sites for hydroxylation is 1. The van der Waals surface area contributed by atoms with E-state index in [0.717, 1.165) is 12.0 Å². The Morgan fingerprint density at radius 2 is 2.00 bits per heavy atom. The van der Waals surface area contributed by atoms with Crippen LogP contribution < -0.4 is 5.73 Å². The van der Waals surface area contributed by atoms with Crippen LogP contribution in [0, 0.1) is 0 Å². The molecule has 0 radical (unpaired) electrons. The zero-order valence-corrected chi connectivity index (χ0v) is 7.46. The molecule has 0 aromatic heterocycles. The van der Waals surface area contributed by atoms with Gasteiger partial charge in [0.05, 0.1) is 0 Å². The molecule has 0 aliphatic carbocycles. The highest BCUT2D eigenvalue weighted by molar-refractivity contribution is 5.26. The Morgan fingerprint density at radius 3 is 2.42 bits per heavy atom. The fraction of sp³-hybridized carbons (Fsp3) is 0.273. The fourth-order valence-electron chi connectivity index (χ4n) is 1.11. The summed E-state index contributed by atoms with van der Waals surface area (Å²) in [6.45, 7) is 5.80. The minimum absolute atomic E-state index is 0.0316. The minimum atomic E-state index is -0.0316. The third-order valence-corrected chi connectivity index (χ3v) is 2.03. The molecular formula is C11H15N. The van der Waals surface area contributed by atoms with Crippen LogP contribution in [0.5, 0.6) is 0 Å². The van der Waals surface area contributed by atoms with Crippen molar-refractivity contribution < 1.29 is 0 Å². The van der Waals surface area contributed by atoms with Gasteiger partial charge in [-0.05, 0) is 17.5 Å². The lowest BCUT2D eigenvalue weighted by atomic mass is 10.0. The van der Waals surface area contributed by atoms with Gasteiger partial charge in [0.1, 0.15) is 0 Å². The molecule has 0 aliphatic rings. The van der Waals surface area contributed by atoms with Crippen molar-refractivity contribution in [2.45, 2.75) is 19.4 Å². The van der Waals surface area contributed by atoms with Crippen molar-refractivity contribution in [1.29, 1.82) is 0 Å². The second-order valence-electron chi connectivity index (χ2n) is 2.86. The van der Waals surface area contributed by atoms with E-state index < -0.39 is 0 Å². The topological polar surface area (TPSA) is 26.0 Å². The quantitative estimate of drug-likeness (QED) is 0.677. The van der Waals surface area contributed by atoms with Crippen molar-refractivity contribution in [3.8, 4) is 0 Å². The van der Waals surface area contributed by atoms with Crippen molar-refractivity contribution in [2.75, 3.05) is 0 Å². The van der Waals surface area contributed by atoms with Gasteiger partial charge in [-0.2, -0.15) is 0 Å². The van der Waals surface area contributed by atoms with Gasteiger partial charge in [0.2, 0.25) is 0 Å². The summed E-state index contributed by atoms with van der Waals surface area (Å²) >= 11 is 0. The Kier molecular flexibility index (Phi) is 3.06. The lowest BCUT2D eigenvalue weighted by Gasteiger charge is -2.06. The zero-order valence-electron chi connectivity index (χ0n) is 7.46. The summed E-state index contributed by atoms with van der Waals surface area (Å²) in [5.74, 6) is 0. The van der Waals surface area contributed by atoms with Gasteiger partial charge in [-0.3, -0.25) is 0 Å². The van der Waals surface area contributed by atoms with Crippen LogP contribution in [0.1, 0.15) is 24.1 Å². The average molecular weight is 161 g/mol. The summed E-state index contributed by atoms with van der Waals surface area (Å²) < 4.78 is 0. The molecule has 12 heavy (non-hydrogen) atoms. The van der Waals surface area contributed by atoms with Crippen molar-refractivity contribution in [2.24, 2.45) is 5.73 Å². The molecule has 0 aliphatic heterocycles. The van der Waals surface area contributed by atoms with Gasteiger partial charge in [-0.25, -0.2) is 0 Å². The van der Waals surface area contributed by atoms with E-state index in [-0.39, 0.29) is 6.04 Å². The Labute approximate surface area is 73.9 Å². The summed E-state index contributed by atoms with van der Waals surface area (Å²) in [7, 11) is 0. The molecule has 1 heteroatoms. The molecule has 1 rings (SSSR count). The monoisotopic (exact) mass is 161 g/mol. The predicted octanol–water partition coefficient (Wildman–Crippen LogP) is 2.43. The molecular weight excluding hydrogens is 146 g/mol. The van der Waals surface area contributed by atoms with Gasteiger partial charge >= 0.3 is 0 Å². The highest BCUT2D eigenvalue weighted by atomic mass is 14.6.